The first-order valence-corrected chi connectivity index (χ1v) is 7.29. The Balaban J connectivity index is 1.95. The highest BCUT2D eigenvalue weighted by atomic mass is 16.8. The molecule has 7 nitrogen and oxygen atoms in total. The van der Waals surface area contributed by atoms with E-state index in [0.717, 1.165) is 12.8 Å². The number of rotatable bonds is 4. The van der Waals surface area contributed by atoms with Crippen LogP contribution in [0.4, 0.5) is 0 Å². The molecule has 0 amide bonds. The maximum Gasteiger partial charge on any atom is 0.303 e. The quantitative estimate of drug-likeness (QED) is 0.720. The van der Waals surface area contributed by atoms with Crippen LogP contribution in [0.1, 0.15) is 39.5 Å². The summed E-state index contributed by atoms with van der Waals surface area (Å²) in [5.74, 6) is -0.750. The molecule has 0 saturated carbocycles. The van der Waals surface area contributed by atoms with E-state index in [-0.39, 0.29) is 11.9 Å². The summed E-state index contributed by atoms with van der Waals surface area (Å²) in [5.41, 5.74) is 0. The van der Waals surface area contributed by atoms with Gasteiger partial charge in [0.15, 0.2) is 24.8 Å². The van der Waals surface area contributed by atoms with Gasteiger partial charge in [0.25, 0.3) is 0 Å². The van der Waals surface area contributed by atoms with E-state index in [1.807, 2.05) is 0 Å². The molecule has 4 atom stereocenters. The minimum atomic E-state index is -0.691. The van der Waals surface area contributed by atoms with Gasteiger partial charge < -0.3 is 23.7 Å². The molecule has 0 spiro atoms. The monoisotopic (exact) mass is 302 g/mol. The van der Waals surface area contributed by atoms with E-state index >= 15 is 0 Å². The van der Waals surface area contributed by atoms with Gasteiger partial charge in [0.2, 0.25) is 0 Å². The fourth-order valence-electron chi connectivity index (χ4n) is 2.50. The topological polar surface area (TPSA) is 80.3 Å². The molecule has 120 valence electrons. The molecule has 7 heteroatoms. The van der Waals surface area contributed by atoms with Gasteiger partial charge in [0, 0.05) is 13.8 Å². The summed E-state index contributed by atoms with van der Waals surface area (Å²) in [5, 5.41) is 0. The molecule has 0 aromatic rings. The zero-order chi connectivity index (χ0) is 15.2. The number of esters is 2. The minimum absolute atomic E-state index is 0.375. The third-order valence-corrected chi connectivity index (χ3v) is 3.34. The zero-order valence-electron chi connectivity index (χ0n) is 12.4. The van der Waals surface area contributed by atoms with Crippen molar-refractivity contribution in [2.24, 2.45) is 0 Å². The van der Waals surface area contributed by atoms with E-state index in [0.29, 0.717) is 26.1 Å². The molecule has 2 saturated heterocycles. The standard InChI is InChI=1S/C14H22O7/c1-9(15)19-11-5-3-7-17-13(11)21-14-12(20-10(2)16)6-4-8-18-14/h11-14H,3-8H2,1-2H3/t11-,12-,13-,14-/m1/s1. The van der Waals surface area contributed by atoms with Gasteiger partial charge in [-0.1, -0.05) is 0 Å². The molecule has 0 N–H and O–H groups in total. The summed E-state index contributed by atoms with van der Waals surface area (Å²) >= 11 is 0. The first-order valence-electron chi connectivity index (χ1n) is 7.29. The summed E-state index contributed by atoms with van der Waals surface area (Å²) in [6, 6.07) is 0. The molecule has 2 aliphatic heterocycles. The van der Waals surface area contributed by atoms with Crippen LogP contribution in [-0.4, -0.2) is 49.9 Å². The van der Waals surface area contributed by atoms with Crippen molar-refractivity contribution in [2.75, 3.05) is 13.2 Å². The molecule has 0 unspecified atom stereocenters. The number of carbonyl (C=O) groups is 2. The van der Waals surface area contributed by atoms with E-state index in [1.54, 1.807) is 0 Å². The summed E-state index contributed by atoms with van der Waals surface area (Å²) in [7, 11) is 0. The molecule has 2 rings (SSSR count). The molecule has 0 aromatic heterocycles. The largest absolute Gasteiger partial charge is 0.457 e. The van der Waals surface area contributed by atoms with Crippen molar-refractivity contribution >= 4 is 11.9 Å². The fraction of sp³-hybridized carbons (Fsp3) is 0.857. The molecular weight excluding hydrogens is 280 g/mol. The Morgan fingerprint density at radius 3 is 1.67 bits per heavy atom. The predicted molar refractivity (Wildman–Crippen MR) is 70.1 cm³/mol. The highest BCUT2D eigenvalue weighted by molar-refractivity contribution is 5.66. The Kier molecular flexibility index (Phi) is 5.96. The molecule has 0 aliphatic carbocycles. The van der Waals surface area contributed by atoms with Crippen LogP contribution in [0.25, 0.3) is 0 Å². The second-order valence-corrected chi connectivity index (χ2v) is 5.19. The average molecular weight is 302 g/mol. The van der Waals surface area contributed by atoms with Crippen molar-refractivity contribution in [3.63, 3.8) is 0 Å². The smallest absolute Gasteiger partial charge is 0.303 e. The Bertz CT molecular complexity index is 336. The highest BCUT2D eigenvalue weighted by Crippen LogP contribution is 2.25. The first-order chi connectivity index (χ1) is 10.1. The SMILES string of the molecule is CC(=O)O[C@@H]1CCCO[C@@H]1O[C@H]1OCCC[C@H]1OC(C)=O. The molecule has 0 aromatic carbocycles. The number of hydrogen-bond acceptors (Lipinski definition) is 7. The number of carbonyl (C=O) groups excluding carboxylic acids is 2. The molecule has 0 bridgehead atoms. The summed E-state index contributed by atoms with van der Waals surface area (Å²) in [4.78, 5) is 22.3. The summed E-state index contributed by atoms with van der Waals surface area (Å²) in [6.07, 6.45) is 0.657. The van der Waals surface area contributed by atoms with Crippen molar-refractivity contribution in [3.05, 3.63) is 0 Å². The summed E-state index contributed by atoms with van der Waals surface area (Å²) in [6.45, 7) is 3.77. The van der Waals surface area contributed by atoms with Crippen molar-refractivity contribution < 1.29 is 33.3 Å². The normalized spacial score (nSPS) is 33.2. The molecule has 2 aliphatic rings. The van der Waals surface area contributed by atoms with Crippen molar-refractivity contribution in [2.45, 2.75) is 64.3 Å². The van der Waals surface area contributed by atoms with E-state index in [4.69, 9.17) is 23.7 Å². The lowest BCUT2D eigenvalue weighted by Gasteiger charge is -2.37. The van der Waals surface area contributed by atoms with Crippen LogP contribution in [0.15, 0.2) is 0 Å². The maximum atomic E-state index is 11.1. The van der Waals surface area contributed by atoms with Gasteiger partial charge in [0.1, 0.15) is 0 Å². The van der Waals surface area contributed by atoms with Gasteiger partial charge in [-0.05, 0) is 25.7 Å². The van der Waals surface area contributed by atoms with Crippen LogP contribution < -0.4 is 0 Å². The maximum absolute atomic E-state index is 11.1. The van der Waals surface area contributed by atoms with Crippen LogP contribution >= 0.6 is 0 Å². The van der Waals surface area contributed by atoms with E-state index in [2.05, 4.69) is 0 Å². The van der Waals surface area contributed by atoms with E-state index in [1.165, 1.54) is 13.8 Å². The van der Waals surface area contributed by atoms with Crippen molar-refractivity contribution in [3.8, 4) is 0 Å². The predicted octanol–water partition coefficient (Wildman–Crippen LogP) is 1.14. The van der Waals surface area contributed by atoms with Gasteiger partial charge in [-0.3, -0.25) is 9.59 Å². The van der Waals surface area contributed by atoms with Gasteiger partial charge in [-0.2, -0.15) is 0 Å². The third-order valence-electron chi connectivity index (χ3n) is 3.34. The molecule has 2 heterocycles. The van der Waals surface area contributed by atoms with Crippen LogP contribution in [-0.2, 0) is 33.3 Å². The summed E-state index contributed by atoms with van der Waals surface area (Å²) < 4.78 is 27.2. The van der Waals surface area contributed by atoms with Crippen LogP contribution in [0, 0.1) is 0 Å². The first kappa shape index (κ1) is 16.2. The highest BCUT2D eigenvalue weighted by Gasteiger charge is 2.37. The Labute approximate surface area is 123 Å². The van der Waals surface area contributed by atoms with Gasteiger partial charge in [-0.25, -0.2) is 0 Å². The van der Waals surface area contributed by atoms with Crippen LogP contribution in [0.2, 0.25) is 0 Å². The van der Waals surface area contributed by atoms with Crippen LogP contribution in [0.3, 0.4) is 0 Å². The van der Waals surface area contributed by atoms with E-state index in [9.17, 15) is 9.59 Å². The molecule has 0 radical (unpaired) electrons. The number of hydrogen-bond donors (Lipinski definition) is 0. The van der Waals surface area contributed by atoms with Crippen molar-refractivity contribution in [1.29, 1.82) is 0 Å². The molecular formula is C14H22O7. The molecule has 2 fully saturated rings. The lowest BCUT2D eigenvalue weighted by Crippen LogP contribution is -2.47. The second kappa shape index (κ2) is 7.72. The Hall–Kier alpha value is -1.18. The Morgan fingerprint density at radius 1 is 0.857 bits per heavy atom. The average Bonchev–Trinajstić information content (AvgIpc) is 2.42. The second-order valence-electron chi connectivity index (χ2n) is 5.19. The number of ether oxygens (including phenoxy) is 5. The fourth-order valence-corrected chi connectivity index (χ4v) is 2.50. The zero-order valence-corrected chi connectivity index (χ0v) is 12.4. The minimum Gasteiger partial charge on any atom is -0.457 e. The van der Waals surface area contributed by atoms with E-state index < -0.39 is 24.8 Å². The Morgan fingerprint density at radius 2 is 1.29 bits per heavy atom. The van der Waals surface area contributed by atoms with Gasteiger partial charge in [-0.15, -0.1) is 0 Å². The lowest BCUT2D eigenvalue weighted by molar-refractivity contribution is -0.314. The van der Waals surface area contributed by atoms with Crippen molar-refractivity contribution in [1.82, 2.24) is 0 Å². The lowest BCUT2D eigenvalue weighted by atomic mass is 10.1. The molecule has 21 heavy (non-hydrogen) atoms. The van der Waals surface area contributed by atoms with Gasteiger partial charge >= 0.3 is 11.9 Å². The third kappa shape index (κ3) is 4.94. The van der Waals surface area contributed by atoms with Gasteiger partial charge in [0.05, 0.1) is 13.2 Å². The van der Waals surface area contributed by atoms with Crippen LogP contribution in [0.5, 0.6) is 0 Å².